The van der Waals surface area contributed by atoms with Gasteiger partial charge in [0.2, 0.25) is 0 Å². The van der Waals surface area contributed by atoms with Crippen LogP contribution in [-0.2, 0) is 0 Å². The van der Waals surface area contributed by atoms with Gasteiger partial charge in [-0.25, -0.2) is 0 Å². The Balaban J connectivity index is 2.26. The number of rotatable bonds is 4. The molecule has 2 rings (SSSR count). The molecular weight excluding hydrogens is 246 g/mol. The van der Waals surface area contributed by atoms with Crippen LogP contribution >= 0.6 is 0 Å². The molecule has 1 atom stereocenters. The van der Waals surface area contributed by atoms with Crippen molar-refractivity contribution in [1.29, 1.82) is 0 Å². The summed E-state index contributed by atoms with van der Waals surface area (Å²) in [5.74, 6) is 0. The number of anilines is 1. The van der Waals surface area contributed by atoms with Crippen molar-refractivity contribution in [2.45, 2.75) is 12.5 Å². The van der Waals surface area contributed by atoms with Crippen LogP contribution in [0.15, 0.2) is 18.2 Å². The fourth-order valence-corrected chi connectivity index (χ4v) is 2.42. The average Bonchev–Trinajstić information content (AvgIpc) is 2.87. The Morgan fingerprint density at radius 3 is 2.74 bits per heavy atom. The number of carbonyl (C=O) groups excluding carboxylic acids is 1. The van der Waals surface area contributed by atoms with Crippen molar-refractivity contribution >= 4 is 17.7 Å². The maximum absolute atomic E-state index is 11.1. The van der Waals surface area contributed by atoms with Gasteiger partial charge in [-0.15, -0.1) is 0 Å². The van der Waals surface area contributed by atoms with Crippen molar-refractivity contribution in [2.24, 2.45) is 0 Å². The molecule has 0 radical (unpaired) electrons. The molecule has 0 N–H and O–H groups in total. The van der Waals surface area contributed by atoms with E-state index < -0.39 is 4.92 Å². The number of nitrogens with zero attached hydrogens (tertiary/aromatic N) is 3. The first-order valence-electron chi connectivity index (χ1n) is 6.18. The molecule has 0 aliphatic carbocycles. The van der Waals surface area contributed by atoms with Gasteiger partial charge in [0.25, 0.3) is 5.69 Å². The van der Waals surface area contributed by atoms with Crippen LogP contribution in [-0.4, -0.2) is 49.3 Å². The molecule has 0 bridgehead atoms. The highest BCUT2D eigenvalue weighted by atomic mass is 16.6. The summed E-state index contributed by atoms with van der Waals surface area (Å²) in [5, 5.41) is 10.7. The second-order valence-corrected chi connectivity index (χ2v) is 4.97. The van der Waals surface area contributed by atoms with E-state index in [1.807, 2.05) is 14.1 Å². The highest BCUT2D eigenvalue weighted by Gasteiger charge is 2.26. The third-order valence-corrected chi connectivity index (χ3v) is 3.58. The topological polar surface area (TPSA) is 66.7 Å². The lowest BCUT2D eigenvalue weighted by Gasteiger charge is -2.22. The summed E-state index contributed by atoms with van der Waals surface area (Å²) in [6, 6.07) is 4.91. The van der Waals surface area contributed by atoms with Gasteiger partial charge in [-0.3, -0.25) is 14.9 Å². The van der Waals surface area contributed by atoms with Crippen LogP contribution in [0, 0.1) is 10.1 Å². The van der Waals surface area contributed by atoms with E-state index in [9.17, 15) is 14.9 Å². The number of hydrogen-bond donors (Lipinski definition) is 0. The molecule has 1 heterocycles. The second-order valence-electron chi connectivity index (χ2n) is 4.97. The van der Waals surface area contributed by atoms with Gasteiger partial charge in [-0.2, -0.15) is 0 Å². The predicted octanol–water partition coefficient (Wildman–Crippen LogP) is 1.55. The molecule has 1 aliphatic rings. The Hall–Kier alpha value is -1.95. The van der Waals surface area contributed by atoms with Crippen molar-refractivity contribution in [3.8, 4) is 0 Å². The van der Waals surface area contributed by atoms with Crippen LogP contribution in [0.4, 0.5) is 11.4 Å². The minimum atomic E-state index is -0.483. The molecule has 0 aromatic heterocycles. The summed E-state index contributed by atoms with van der Waals surface area (Å²) in [4.78, 5) is 25.6. The molecule has 0 amide bonds. The minimum absolute atomic E-state index is 0.0470. The fourth-order valence-electron chi connectivity index (χ4n) is 2.42. The Morgan fingerprint density at radius 2 is 2.21 bits per heavy atom. The lowest BCUT2D eigenvalue weighted by Crippen LogP contribution is -2.31. The Morgan fingerprint density at radius 1 is 1.47 bits per heavy atom. The SMILES string of the molecule is CN(C)C1CCN(c2ccc([N+](=O)[O-])cc2C=O)C1. The summed E-state index contributed by atoms with van der Waals surface area (Å²) >= 11 is 0. The molecule has 19 heavy (non-hydrogen) atoms. The van der Waals surface area contributed by atoms with E-state index in [0.29, 0.717) is 17.9 Å². The average molecular weight is 263 g/mol. The quantitative estimate of drug-likeness (QED) is 0.468. The van der Waals surface area contributed by atoms with E-state index in [1.165, 1.54) is 12.1 Å². The van der Waals surface area contributed by atoms with E-state index >= 15 is 0 Å². The van der Waals surface area contributed by atoms with E-state index in [2.05, 4.69) is 9.80 Å². The standard InChI is InChI=1S/C13H17N3O3/c1-14(2)12-5-6-15(8-12)13-4-3-11(16(18)19)7-10(13)9-17/h3-4,7,9,12H,5-6,8H2,1-2H3. The summed E-state index contributed by atoms with van der Waals surface area (Å²) in [5.41, 5.74) is 1.12. The smallest absolute Gasteiger partial charge is 0.270 e. The number of likely N-dealkylation sites (N-methyl/N-ethyl adjacent to an activating group) is 1. The molecule has 6 heteroatoms. The lowest BCUT2D eigenvalue weighted by molar-refractivity contribution is -0.384. The monoisotopic (exact) mass is 263 g/mol. The molecule has 1 saturated heterocycles. The molecular formula is C13H17N3O3. The number of hydrogen-bond acceptors (Lipinski definition) is 5. The number of benzene rings is 1. The molecule has 1 aliphatic heterocycles. The van der Waals surface area contributed by atoms with Crippen LogP contribution in [0.3, 0.4) is 0 Å². The van der Waals surface area contributed by atoms with E-state index in [0.717, 1.165) is 25.2 Å². The number of nitro benzene ring substituents is 1. The van der Waals surface area contributed by atoms with Gasteiger partial charge in [0.1, 0.15) is 0 Å². The molecule has 0 spiro atoms. The van der Waals surface area contributed by atoms with Crippen molar-refractivity contribution in [2.75, 3.05) is 32.1 Å². The molecule has 1 aromatic rings. The van der Waals surface area contributed by atoms with Gasteiger partial charge in [0.05, 0.1) is 4.92 Å². The molecule has 1 fully saturated rings. The van der Waals surface area contributed by atoms with Gasteiger partial charge < -0.3 is 9.80 Å². The zero-order chi connectivity index (χ0) is 14.0. The first-order chi connectivity index (χ1) is 9.02. The highest BCUT2D eigenvalue weighted by molar-refractivity contribution is 5.86. The largest absolute Gasteiger partial charge is 0.369 e. The van der Waals surface area contributed by atoms with Crippen LogP contribution in [0.25, 0.3) is 0 Å². The second kappa shape index (κ2) is 5.36. The third-order valence-electron chi connectivity index (χ3n) is 3.58. The van der Waals surface area contributed by atoms with Crippen molar-refractivity contribution in [3.05, 3.63) is 33.9 Å². The predicted molar refractivity (Wildman–Crippen MR) is 72.8 cm³/mol. The Bertz CT molecular complexity index is 502. The van der Waals surface area contributed by atoms with Gasteiger partial charge in [0, 0.05) is 42.5 Å². The Kier molecular flexibility index (Phi) is 3.80. The molecule has 102 valence electrons. The summed E-state index contributed by atoms with van der Waals surface area (Å²) in [6.07, 6.45) is 1.72. The maximum atomic E-state index is 11.1. The van der Waals surface area contributed by atoms with Gasteiger partial charge in [-0.05, 0) is 26.6 Å². The molecule has 1 unspecified atom stereocenters. The van der Waals surface area contributed by atoms with Crippen molar-refractivity contribution in [3.63, 3.8) is 0 Å². The van der Waals surface area contributed by atoms with Crippen molar-refractivity contribution in [1.82, 2.24) is 4.90 Å². The van der Waals surface area contributed by atoms with Crippen LogP contribution < -0.4 is 4.90 Å². The third kappa shape index (κ3) is 2.73. The summed E-state index contributed by atoms with van der Waals surface area (Å²) in [7, 11) is 4.06. The van der Waals surface area contributed by atoms with Gasteiger partial charge in [-0.1, -0.05) is 0 Å². The highest BCUT2D eigenvalue weighted by Crippen LogP contribution is 2.28. The number of non-ortho nitro benzene ring substituents is 1. The van der Waals surface area contributed by atoms with Crippen LogP contribution in [0.1, 0.15) is 16.8 Å². The molecule has 1 aromatic carbocycles. The Labute approximate surface area is 111 Å². The van der Waals surface area contributed by atoms with Gasteiger partial charge in [0.15, 0.2) is 6.29 Å². The molecule has 6 nitrogen and oxygen atoms in total. The summed E-state index contributed by atoms with van der Waals surface area (Å²) < 4.78 is 0. The first kappa shape index (κ1) is 13.5. The minimum Gasteiger partial charge on any atom is -0.369 e. The van der Waals surface area contributed by atoms with E-state index in [4.69, 9.17) is 0 Å². The maximum Gasteiger partial charge on any atom is 0.270 e. The van der Waals surface area contributed by atoms with Crippen LogP contribution in [0.2, 0.25) is 0 Å². The lowest BCUT2D eigenvalue weighted by atomic mass is 10.1. The number of nitro groups is 1. The fraction of sp³-hybridized carbons (Fsp3) is 0.462. The number of aldehydes is 1. The van der Waals surface area contributed by atoms with E-state index in [-0.39, 0.29) is 5.69 Å². The zero-order valence-electron chi connectivity index (χ0n) is 11.1. The van der Waals surface area contributed by atoms with Crippen LogP contribution in [0.5, 0.6) is 0 Å². The zero-order valence-corrected chi connectivity index (χ0v) is 11.1. The first-order valence-corrected chi connectivity index (χ1v) is 6.18. The molecule has 0 saturated carbocycles. The van der Waals surface area contributed by atoms with Crippen molar-refractivity contribution < 1.29 is 9.72 Å². The number of carbonyl (C=O) groups is 1. The van der Waals surface area contributed by atoms with E-state index in [1.54, 1.807) is 6.07 Å². The van der Waals surface area contributed by atoms with Gasteiger partial charge >= 0.3 is 0 Å². The normalized spacial score (nSPS) is 18.9. The summed E-state index contributed by atoms with van der Waals surface area (Å²) in [6.45, 7) is 1.70.